The van der Waals surface area contributed by atoms with E-state index in [1.165, 1.54) is 4.90 Å². The summed E-state index contributed by atoms with van der Waals surface area (Å²) >= 11 is 1.87. The number of amides is 4. The number of rotatable bonds is 5. The number of hydrogen-bond acceptors (Lipinski definition) is 7. The Hall–Kier alpha value is -2.00. The van der Waals surface area contributed by atoms with Gasteiger partial charge in [0.25, 0.3) is 16.4 Å². The standard InChI is InChI=1S/C15H15N3O4S2/c1-9-2-4-10(5-3-9)17(13-12(20)16-14(21)24-13)6-7-18-11(19)8-23-15(18)22/h2-5,13H,6-8H2,1H3,(H,16,20,21)/t13-/m0/s1. The van der Waals surface area contributed by atoms with Gasteiger partial charge >= 0.3 is 0 Å². The summed E-state index contributed by atoms with van der Waals surface area (Å²) in [5.74, 6) is -0.465. The van der Waals surface area contributed by atoms with E-state index in [2.05, 4.69) is 5.32 Å². The molecule has 1 aromatic rings. The SMILES string of the molecule is Cc1ccc(N(CCN2C(=O)CSC2=O)[C@H]2SC(=O)NC2=O)cc1. The Balaban J connectivity index is 1.80. The summed E-state index contributed by atoms with van der Waals surface area (Å²) in [7, 11) is 0. The third-order valence-corrected chi connectivity index (χ3v) is 5.59. The predicted molar refractivity (Wildman–Crippen MR) is 93.0 cm³/mol. The fraction of sp³-hybridized carbons (Fsp3) is 0.333. The lowest BCUT2D eigenvalue weighted by Crippen LogP contribution is -2.44. The molecule has 0 radical (unpaired) electrons. The number of nitrogens with one attached hydrogen (secondary N) is 1. The monoisotopic (exact) mass is 365 g/mol. The van der Waals surface area contributed by atoms with Gasteiger partial charge in [0.1, 0.15) is 0 Å². The van der Waals surface area contributed by atoms with Crippen molar-refractivity contribution in [1.82, 2.24) is 10.2 Å². The lowest BCUT2D eigenvalue weighted by Gasteiger charge is -2.29. The van der Waals surface area contributed by atoms with Crippen molar-refractivity contribution in [3.63, 3.8) is 0 Å². The normalized spacial score (nSPS) is 20.7. The molecule has 7 nitrogen and oxygen atoms in total. The van der Waals surface area contributed by atoms with Gasteiger partial charge in [-0.25, -0.2) is 0 Å². The number of carbonyl (C=O) groups excluding carboxylic acids is 4. The van der Waals surface area contributed by atoms with E-state index in [1.54, 1.807) is 4.90 Å². The van der Waals surface area contributed by atoms with E-state index in [1.807, 2.05) is 31.2 Å². The Kier molecular flexibility index (Phi) is 4.81. The molecule has 1 atom stereocenters. The summed E-state index contributed by atoms with van der Waals surface area (Å²) in [5, 5.41) is 0.886. The molecule has 2 heterocycles. The second-order valence-corrected chi connectivity index (χ2v) is 7.36. The number of nitrogens with zero attached hydrogens (tertiary/aromatic N) is 2. The predicted octanol–water partition coefficient (Wildman–Crippen LogP) is 1.81. The Bertz CT molecular complexity index is 691. The molecule has 0 spiro atoms. The quantitative estimate of drug-likeness (QED) is 0.851. The largest absolute Gasteiger partial charge is 0.349 e. The van der Waals surface area contributed by atoms with Crippen molar-refractivity contribution in [2.75, 3.05) is 23.7 Å². The van der Waals surface area contributed by atoms with Gasteiger partial charge in [0.2, 0.25) is 5.91 Å². The minimum atomic E-state index is -0.708. The molecule has 0 unspecified atom stereocenters. The van der Waals surface area contributed by atoms with Crippen molar-refractivity contribution < 1.29 is 19.2 Å². The van der Waals surface area contributed by atoms with Gasteiger partial charge < -0.3 is 4.90 Å². The van der Waals surface area contributed by atoms with Crippen LogP contribution in [0.15, 0.2) is 24.3 Å². The zero-order chi connectivity index (χ0) is 17.3. The number of thioether (sulfide) groups is 2. The number of imide groups is 2. The molecule has 24 heavy (non-hydrogen) atoms. The number of hydrogen-bond donors (Lipinski definition) is 1. The number of aryl methyl sites for hydroxylation is 1. The first-order valence-electron chi connectivity index (χ1n) is 7.27. The second-order valence-electron chi connectivity index (χ2n) is 5.38. The first kappa shape index (κ1) is 16.8. The van der Waals surface area contributed by atoms with Crippen LogP contribution in [-0.2, 0) is 9.59 Å². The minimum absolute atomic E-state index is 0.153. The molecule has 2 aliphatic heterocycles. The van der Waals surface area contributed by atoms with E-state index in [0.717, 1.165) is 34.8 Å². The van der Waals surface area contributed by atoms with Crippen LogP contribution in [0, 0.1) is 6.92 Å². The van der Waals surface area contributed by atoms with Gasteiger partial charge in [0.15, 0.2) is 5.37 Å². The minimum Gasteiger partial charge on any atom is -0.349 e. The third kappa shape index (κ3) is 3.41. The first-order chi connectivity index (χ1) is 11.5. The molecule has 2 fully saturated rings. The third-order valence-electron chi connectivity index (χ3n) is 3.72. The molecule has 1 N–H and O–H groups in total. The molecule has 3 rings (SSSR count). The van der Waals surface area contributed by atoms with Gasteiger partial charge in [0, 0.05) is 18.8 Å². The van der Waals surface area contributed by atoms with E-state index in [0.29, 0.717) is 0 Å². The van der Waals surface area contributed by atoms with Crippen LogP contribution in [0.3, 0.4) is 0 Å². The fourth-order valence-corrected chi connectivity index (χ4v) is 4.11. The number of carbonyl (C=O) groups is 4. The summed E-state index contributed by atoms with van der Waals surface area (Å²) in [6.45, 7) is 2.41. The molecule has 0 aliphatic carbocycles. The summed E-state index contributed by atoms with van der Waals surface area (Å²) in [6, 6.07) is 7.52. The lowest BCUT2D eigenvalue weighted by atomic mass is 10.2. The van der Waals surface area contributed by atoms with Gasteiger partial charge in [-0.3, -0.25) is 29.4 Å². The summed E-state index contributed by atoms with van der Waals surface area (Å²) in [4.78, 5) is 49.9. The Morgan fingerprint density at radius 1 is 1.21 bits per heavy atom. The Labute approximate surface area is 147 Å². The molecule has 0 bridgehead atoms. The van der Waals surface area contributed by atoms with Crippen LogP contribution in [0.5, 0.6) is 0 Å². The molecule has 0 saturated carbocycles. The molecule has 2 saturated heterocycles. The molecule has 2 aliphatic rings. The van der Waals surface area contributed by atoms with Crippen LogP contribution in [0.2, 0.25) is 0 Å². The van der Waals surface area contributed by atoms with Crippen LogP contribution in [-0.4, -0.2) is 51.4 Å². The Morgan fingerprint density at radius 2 is 1.92 bits per heavy atom. The van der Waals surface area contributed by atoms with Crippen molar-refractivity contribution in [1.29, 1.82) is 0 Å². The fourth-order valence-electron chi connectivity index (χ4n) is 2.47. The molecule has 0 aromatic heterocycles. The zero-order valence-corrected chi connectivity index (χ0v) is 14.5. The highest BCUT2D eigenvalue weighted by molar-refractivity contribution is 8.15. The average Bonchev–Trinajstić information content (AvgIpc) is 3.04. The maximum Gasteiger partial charge on any atom is 0.288 e. The van der Waals surface area contributed by atoms with E-state index in [9.17, 15) is 19.2 Å². The number of benzene rings is 1. The molecular weight excluding hydrogens is 350 g/mol. The average molecular weight is 365 g/mol. The summed E-state index contributed by atoms with van der Waals surface area (Å²) in [6.07, 6.45) is 0. The maximum absolute atomic E-state index is 12.0. The first-order valence-corrected chi connectivity index (χ1v) is 9.14. The van der Waals surface area contributed by atoms with Crippen LogP contribution in [0.25, 0.3) is 0 Å². The molecule has 4 amide bonds. The summed E-state index contributed by atoms with van der Waals surface area (Å²) < 4.78 is 0. The maximum atomic E-state index is 12.0. The van der Waals surface area contributed by atoms with Gasteiger partial charge in [0.05, 0.1) is 5.75 Å². The van der Waals surface area contributed by atoms with Gasteiger partial charge in [-0.15, -0.1) is 0 Å². The van der Waals surface area contributed by atoms with Crippen LogP contribution < -0.4 is 10.2 Å². The van der Waals surface area contributed by atoms with E-state index >= 15 is 0 Å². The van der Waals surface area contributed by atoms with Crippen molar-refractivity contribution in [3.8, 4) is 0 Å². The Morgan fingerprint density at radius 3 is 2.46 bits per heavy atom. The van der Waals surface area contributed by atoms with E-state index < -0.39 is 10.6 Å². The lowest BCUT2D eigenvalue weighted by molar-refractivity contribution is -0.124. The summed E-state index contributed by atoms with van der Waals surface area (Å²) in [5.41, 5.74) is 1.83. The van der Waals surface area contributed by atoms with Gasteiger partial charge in [-0.1, -0.05) is 29.5 Å². The highest BCUT2D eigenvalue weighted by Gasteiger charge is 2.38. The van der Waals surface area contributed by atoms with Crippen molar-refractivity contribution in [3.05, 3.63) is 29.8 Å². The molecule has 1 aromatic carbocycles. The van der Waals surface area contributed by atoms with Gasteiger partial charge in [-0.2, -0.15) is 0 Å². The molecular formula is C15H15N3O4S2. The van der Waals surface area contributed by atoms with Crippen molar-refractivity contribution in [2.24, 2.45) is 0 Å². The molecule has 9 heteroatoms. The highest BCUT2D eigenvalue weighted by Crippen LogP contribution is 2.28. The zero-order valence-electron chi connectivity index (χ0n) is 12.9. The molecule has 126 valence electrons. The topological polar surface area (TPSA) is 86.8 Å². The number of anilines is 1. The van der Waals surface area contributed by atoms with Crippen molar-refractivity contribution >= 4 is 51.5 Å². The second kappa shape index (κ2) is 6.86. The van der Waals surface area contributed by atoms with Gasteiger partial charge in [-0.05, 0) is 30.8 Å². The van der Waals surface area contributed by atoms with Crippen LogP contribution >= 0.6 is 23.5 Å². The van der Waals surface area contributed by atoms with E-state index in [-0.39, 0.29) is 35.9 Å². The van der Waals surface area contributed by atoms with E-state index in [4.69, 9.17) is 0 Å². The van der Waals surface area contributed by atoms with Crippen LogP contribution in [0.4, 0.5) is 15.3 Å². The van der Waals surface area contributed by atoms with Crippen molar-refractivity contribution in [2.45, 2.75) is 12.3 Å². The highest BCUT2D eigenvalue weighted by atomic mass is 32.2. The smallest absolute Gasteiger partial charge is 0.288 e. The van der Waals surface area contributed by atoms with Crippen LogP contribution in [0.1, 0.15) is 5.56 Å².